The number of methoxy groups -OCH3 is 1. The van der Waals surface area contributed by atoms with Crippen molar-refractivity contribution < 1.29 is 9.15 Å². The van der Waals surface area contributed by atoms with Crippen molar-refractivity contribution in [2.75, 3.05) is 7.11 Å². The number of ether oxygens (including phenoxy) is 1. The molecule has 6 nitrogen and oxygen atoms in total. The van der Waals surface area contributed by atoms with Crippen LogP contribution in [0.3, 0.4) is 0 Å². The maximum Gasteiger partial charge on any atom is 0.236 e. The molecule has 0 aliphatic rings. The Balaban J connectivity index is 2.00. The van der Waals surface area contributed by atoms with Crippen LogP contribution in [-0.4, -0.2) is 21.5 Å². The summed E-state index contributed by atoms with van der Waals surface area (Å²) in [5.74, 6) is 1.85. The van der Waals surface area contributed by atoms with E-state index in [4.69, 9.17) is 19.1 Å². The molecule has 3 heterocycles. The third kappa shape index (κ3) is 2.37. The molecule has 0 aliphatic carbocycles. The fourth-order valence-electron chi connectivity index (χ4n) is 3.69. The van der Waals surface area contributed by atoms with Gasteiger partial charge in [-0.15, -0.1) is 0 Å². The molecule has 2 aromatic carbocycles. The summed E-state index contributed by atoms with van der Waals surface area (Å²) in [5, 5.41) is 0.891. The van der Waals surface area contributed by atoms with Crippen LogP contribution in [0.5, 0.6) is 5.75 Å². The minimum atomic E-state index is -0.136. The number of aromatic nitrogens is 3. The summed E-state index contributed by atoms with van der Waals surface area (Å²) in [6, 6.07) is 13.0. The van der Waals surface area contributed by atoms with Gasteiger partial charge in [-0.1, -0.05) is 26.0 Å². The largest absolute Gasteiger partial charge is 0.497 e. The highest BCUT2D eigenvalue weighted by atomic mass is 16.5. The summed E-state index contributed by atoms with van der Waals surface area (Å²) in [6.07, 6.45) is 0.743. The van der Waals surface area contributed by atoms with Gasteiger partial charge in [0, 0.05) is 12.5 Å². The maximum atomic E-state index is 13.3. The smallest absolute Gasteiger partial charge is 0.236 e. The maximum absolute atomic E-state index is 13.3. The van der Waals surface area contributed by atoms with Gasteiger partial charge in [0.1, 0.15) is 22.5 Å². The number of rotatable bonds is 3. The van der Waals surface area contributed by atoms with Crippen molar-refractivity contribution in [1.29, 1.82) is 0 Å². The van der Waals surface area contributed by atoms with E-state index in [0.717, 1.165) is 23.3 Å². The fourth-order valence-corrected chi connectivity index (χ4v) is 3.69. The van der Waals surface area contributed by atoms with E-state index < -0.39 is 0 Å². The topological polar surface area (TPSA) is 69.6 Å². The van der Waals surface area contributed by atoms with Crippen molar-refractivity contribution in [2.45, 2.75) is 20.3 Å². The third-order valence-corrected chi connectivity index (χ3v) is 4.94. The first-order valence-electron chi connectivity index (χ1n) is 9.27. The summed E-state index contributed by atoms with van der Waals surface area (Å²) in [5.41, 5.74) is 2.99. The number of para-hydroxylation sites is 2. The minimum absolute atomic E-state index is 0.136. The van der Waals surface area contributed by atoms with Gasteiger partial charge in [0.15, 0.2) is 5.65 Å². The number of hydrogen-bond donors (Lipinski definition) is 0. The van der Waals surface area contributed by atoms with Crippen LogP contribution < -0.4 is 10.2 Å². The lowest BCUT2D eigenvalue weighted by atomic mass is 10.1. The van der Waals surface area contributed by atoms with Gasteiger partial charge in [-0.05, 0) is 30.2 Å². The van der Waals surface area contributed by atoms with Gasteiger partial charge < -0.3 is 9.15 Å². The summed E-state index contributed by atoms with van der Waals surface area (Å²) in [6.45, 7) is 4.27. The molecule has 140 valence electrons. The van der Waals surface area contributed by atoms with Crippen LogP contribution in [0.15, 0.2) is 51.7 Å². The van der Waals surface area contributed by atoms with Gasteiger partial charge in [-0.25, -0.2) is 4.98 Å². The first kappa shape index (κ1) is 16.7. The van der Waals surface area contributed by atoms with Crippen LogP contribution in [-0.2, 0) is 6.42 Å². The molecule has 28 heavy (non-hydrogen) atoms. The monoisotopic (exact) mass is 373 g/mol. The van der Waals surface area contributed by atoms with E-state index in [0.29, 0.717) is 39.4 Å². The standard InChI is InChI=1S/C22H19N3O3/c1-12(2)10-18-24-22-19(21-23-15-6-4-5-7-16(15)25(18)21)20(26)14-9-8-13(27-3)11-17(14)28-22/h4-9,11-12H,10H2,1-3H3. The predicted molar refractivity (Wildman–Crippen MR) is 109 cm³/mol. The van der Waals surface area contributed by atoms with Crippen LogP contribution >= 0.6 is 0 Å². The van der Waals surface area contributed by atoms with Gasteiger partial charge in [-0.3, -0.25) is 9.20 Å². The minimum Gasteiger partial charge on any atom is -0.497 e. The predicted octanol–water partition coefficient (Wildman–Crippen LogP) is 4.35. The first-order valence-corrected chi connectivity index (χ1v) is 9.27. The fraction of sp³-hybridized carbons (Fsp3) is 0.227. The Labute approximate surface area is 160 Å². The molecule has 5 rings (SSSR count). The molecule has 0 amide bonds. The molecule has 6 heteroatoms. The normalized spacial score (nSPS) is 12.0. The third-order valence-electron chi connectivity index (χ3n) is 4.94. The summed E-state index contributed by atoms with van der Waals surface area (Å²) >= 11 is 0. The number of hydrogen-bond acceptors (Lipinski definition) is 5. The highest BCUT2D eigenvalue weighted by Crippen LogP contribution is 2.27. The Morgan fingerprint density at radius 3 is 2.75 bits per heavy atom. The molecular weight excluding hydrogens is 354 g/mol. The molecule has 0 spiro atoms. The number of imidazole rings is 1. The van der Waals surface area contributed by atoms with Crippen LogP contribution in [0, 0.1) is 5.92 Å². The van der Waals surface area contributed by atoms with E-state index >= 15 is 0 Å². The van der Waals surface area contributed by atoms with E-state index in [-0.39, 0.29) is 5.43 Å². The Hall–Kier alpha value is -3.41. The van der Waals surface area contributed by atoms with Crippen LogP contribution in [0.1, 0.15) is 19.7 Å². The zero-order valence-electron chi connectivity index (χ0n) is 15.9. The van der Waals surface area contributed by atoms with Gasteiger partial charge in [-0.2, -0.15) is 4.98 Å². The van der Waals surface area contributed by atoms with Gasteiger partial charge in [0.05, 0.1) is 23.5 Å². The average Bonchev–Trinajstić information content (AvgIpc) is 3.06. The molecular formula is C22H19N3O3. The Morgan fingerprint density at radius 1 is 1.14 bits per heavy atom. The lowest BCUT2D eigenvalue weighted by molar-refractivity contribution is 0.414. The first-order chi connectivity index (χ1) is 13.6. The highest BCUT2D eigenvalue weighted by molar-refractivity contribution is 5.99. The van der Waals surface area contributed by atoms with Crippen LogP contribution in [0.4, 0.5) is 0 Å². The summed E-state index contributed by atoms with van der Waals surface area (Å²) in [7, 11) is 1.58. The Kier molecular flexibility index (Phi) is 3.62. The average molecular weight is 373 g/mol. The molecule has 0 saturated carbocycles. The van der Waals surface area contributed by atoms with E-state index in [1.165, 1.54) is 0 Å². The number of nitrogens with zero attached hydrogens (tertiary/aromatic N) is 3. The molecule has 3 aromatic heterocycles. The Morgan fingerprint density at radius 2 is 1.96 bits per heavy atom. The van der Waals surface area contributed by atoms with Crippen molar-refractivity contribution >= 4 is 38.7 Å². The van der Waals surface area contributed by atoms with Crippen molar-refractivity contribution in [3.63, 3.8) is 0 Å². The summed E-state index contributed by atoms with van der Waals surface area (Å²) in [4.78, 5) is 22.8. The molecule has 5 aromatic rings. The molecule has 0 N–H and O–H groups in total. The lowest BCUT2D eigenvalue weighted by Crippen LogP contribution is -2.11. The summed E-state index contributed by atoms with van der Waals surface area (Å²) < 4.78 is 13.3. The van der Waals surface area contributed by atoms with Crippen molar-refractivity contribution in [3.05, 3.63) is 58.5 Å². The second-order valence-electron chi connectivity index (χ2n) is 7.36. The van der Waals surface area contributed by atoms with Crippen LogP contribution in [0.2, 0.25) is 0 Å². The second-order valence-corrected chi connectivity index (χ2v) is 7.36. The quantitative estimate of drug-likeness (QED) is 0.440. The molecule has 0 fully saturated rings. The molecule has 0 saturated heterocycles. The van der Waals surface area contributed by atoms with Crippen LogP contribution in [0.25, 0.3) is 38.7 Å². The molecule has 0 aliphatic heterocycles. The van der Waals surface area contributed by atoms with E-state index in [9.17, 15) is 4.79 Å². The van der Waals surface area contributed by atoms with Gasteiger partial charge in [0.25, 0.3) is 0 Å². The SMILES string of the molecule is COc1ccc2c(=O)c3c(nc(CC(C)C)n4c5ccccc5nc34)oc2c1. The van der Waals surface area contributed by atoms with E-state index in [1.54, 1.807) is 25.3 Å². The molecule has 0 unspecified atom stereocenters. The number of benzene rings is 2. The molecule has 0 radical (unpaired) electrons. The van der Waals surface area contributed by atoms with Crippen molar-refractivity contribution in [1.82, 2.24) is 14.4 Å². The zero-order valence-corrected chi connectivity index (χ0v) is 15.9. The molecule has 0 atom stereocenters. The molecule has 0 bridgehead atoms. The lowest BCUT2D eigenvalue weighted by Gasteiger charge is -2.10. The van der Waals surface area contributed by atoms with Gasteiger partial charge in [0.2, 0.25) is 11.1 Å². The second kappa shape index (κ2) is 6.05. The van der Waals surface area contributed by atoms with E-state index in [1.807, 2.05) is 28.7 Å². The Bertz CT molecular complexity index is 1430. The van der Waals surface area contributed by atoms with Gasteiger partial charge >= 0.3 is 0 Å². The van der Waals surface area contributed by atoms with E-state index in [2.05, 4.69) is 13.8 Å². The van der Waals surface area contributed by atoms with Crippen molar-refractivity contribution in [2.24, 2.45) is 5.92 Å². The van der Waals surface area contributed by atoms with Crippen molar-refractivity contribution in [3.8, 4) is 5.75 Å². The number of fused-ring (bicyclic) bond motifs is 6. The zero-order chi connectivity index (χ0) is 19.4. The highest BCUT2D eigenvalue weighted by Gasteiger charge is 2.20.